The van der Waals surface area contributed by atoms with Crippen molar-refractivity contribution in [2.24, 2.45) is 11.1 Å². The van der Waals surface area contributed by atoms with E-state index in [2.05, 4.69) is 25.7 Å². The van der Waals surface area contributed by atoms with E-state index in [-0.39, 0.29) is 5.60 Å². The highest BCUT2D eigenvalue weighted by atomic mass is 16.5. The van der Waals surface area contributed by atoms with E-state index in [9.17, 15) is 0 Å². The summed E-state index contributed by atoms with van der Waals surface area (Å²) in [5.74, 6) is 0. The number of nitrogens with zero attached hydrogens (tertiary/aromatic N) is 1. The van der Waals surface area contributed by atoms with E-state index >= 15 is 0 Å². The summed E-state index contributed by atoms with van der Waals surface area (Å²) in [5.41, 5.74) is 6.20. The number of nitrogens with two attached hydrogens (primary N) is 1. The molecule has 1 aliphatic rings. The SMILES string of the molecule is COC(C)(C)CCN1CCC(C)(CN)CC1. The number of piperidine rings is 1. The van der Waals surface area contributed by atoms with Crippen molar-refractivity contribution < 1.29 is 4.74 Å². The monoisotopic (exact) mass is 228 g/mol. The molecule has 0 radical (unpaired) electrons. The van der Waals surface area contributed by atoms with Crippen LogP contribution in [-0.4, -0.2) is 43.8 Å². The Morgan fingerprint density at radius 1 is 1.31 bits per heavy atom. The Labute approximate surface area is 100 Å². The summed E-state index contributed by atoms with van der Waals surface area (Å²) in [6, 6.07) is 0. The molecule has 0 saturated carbocycles. The molecule has 0 amide bonds. The van der Waals surface area contributed by atoms with Crippen molar-refractivity contribution in [3.05, 3.63) is 0 Å². The molecular formula is C13H28N2O. The lowest BCUT2D eigenvalue weighted by atomic mass is 9.80. The average Bonchev–Trinajstić information content (AvgIpc) is 2.29. The fourth-order valence-electron chi connectivity index (χ4n) is 2.05. The molecule has 3 nitrogen and oxygen atoms in total. The van der Waals surface area contributed by atoms with Crippen LogP contribution in [0.4, 0.5) is 0 Å². The van der Waals surface area contributed by atoms with Gasteiger partial charge in [-0.15, -0.1) is 0 Å². The summed E-state index contributed by atoms with van der Waals surface area (Å²) < 4.78 is 5.44. The van der Waals surface area contributed by atoms with E-state index < -0.39 is 0 Å². The largest absolute Gasteiger partial charge is 0.379 e. The zero-order chi connectivity index (χ0) is 12.2. The molecule has 0 spiro atoms. The Kier molecular flexibility index (Phi) is 4.77. The van der Waals surface area contributed by atoms with Gasteiger partial charge in [-0.25, -0.2) is 0 Å². The summed E-state index contributed by atoms with van der Waals surface area (Å²) in [7, 11) is 1.79. The summed E-state index contributed by atoms with van der Waals surface area (Å²) in [4.78, 5) is 2.54. The van der Waals surface area contributed by atoms with Gasteiger partial charge in [0.05, 0.1) is 5.60 Å². The van der Waals surface area contributed by atoms with Gasteiger partial charge in [0.1, 0.15) is 0 Å². The fourth-order valence-corrected chi connectivity index (χ4v) is 2.05. The van der Waals surface area contributed by atoms with Crippen LogP contribution in [0.5, 0.6) is 0 Å². The Balaban J connectivity index is 2.28. The first-order valence-corrected chi connectivity index (χ1v) is 6.38. The number of hydrogen-bond donors (Lipinski definition) is 1. The molecule has 3 heteroatoms. The van der Waals surface area contributed by atoms with E-state index in [0.717, 1.165) is 19.5 Å². The van der Waals surface area contributed by atoms with Crippen molar-refractivity contribution in [3.63, 3.8) is 0 Å². The van der Waals surface area contributed by atoms with Gasteiger partial charge in [-0.2, -0.15) is 0 Å². The molecule has 1 heterocycles. The predicted octanol–water partition coefficient (Wildman–Crippen LogP) is 1.86. The fraction of sp³-hybridized carbons (Fsp3) is 1.00. The van der Waals surface area contributed by atoms with Crippen molar-refractivity contribution in [2.75, 3.05) is 33.3 Å². The molecule has 96 valence electrons. The van der Waals surface area contributed by atoms with E-state index in [4.69, 9.17) is 10.5 Å². The molecule has 0 bridgehead atoms. The second-order valence-corrected chi connectivity index (χ2v) is 6.07. The highest BCUT2D eigenvalue weighted by molar-refractivity contribution is 4.83. The van der Waals surface area contributed by atoms with Crippen molar-refractivity contribution in [2.45, 2.75) is 45.6 Å². The van der Waals surface area contributed by atoms with Crippen LogP contribution in [0.3, 0.4) is 0 Å². The van der Waals surface area contributed by atoms with Crippen LogP contribution in [0.2, 0.25) is 0 Å². The van der Waals surface area contributed by atoms with E-state index in [0.29, 0.717) is 5.41 Å². The first-order valence-electron chi connectivity index (χ1n) is 6.38. The first-order chi connectivity index (χ1) is 7.41. The highest BCUT2D eigenvalue weighted by Gasteiger charge is 2.29. The molecule has 0 unspecified atom stereocenters. The zero-order valence-corrected chi connectivity index (χ0v) is 11.4. The van der Waals surface area contributed by atoms with Crippen LogP contribution in [0.25, 0.3) is 0 Å². The van der Waals surface area contributed by atoms with Crippen molar-refractivity contribution >= 4 is 0 Å². The minimum absolute atomic E-state index is 0.00855. The number of hydrogen-bond acceptors (Lipinski definition) is 3. The molecule has 0 atom stereocenters. The Hall–Kier alpha value is -0.120. The molecule has 1 fully saturated rings. The lowest BCUT2D eigenvalue weighted by Crippen LogP contribution is -2.43. The van der Waals surface area contributed by atoms with Crippen LogP contribution in [0.15, 0.2) is 0 Å². The quantitative estimate of drug-likeness (QED) is 0.780. The molecule has 0 aromatic rings. The Morgan fingerprint density at radius 3 is 2.31 bits per heavy atom. The second-order valence-electron chi connectivity index (χ2n) is 6.07. The maximum Gasteiger partial charge on any atom is 0.0634 e. The van der Waals surface area contributed by atoms with Gasteiger partial charge in [-0.05, 0) is 58.2 Å². The lowest BCUT2D eigenvalue weighted by Gasteiger charge is -2.39. The van der Waals surface area contributed by atoms with Gasteiger partial charge in [-0.1, -0.05) is 6.92 Å². The molecule has 16 heavy (non-hydrogen) atoms. The number of rotatable bonds is 5. The summed E-state index contributed by atoms with van der Waals surface area (Å²) >= 11 is 0. The molecule has 0 aromatic carbocycles. The van der Waals surface area contributed by atoms with Crippen molar-refractivity contribution in [1.29, 1.82) is 0 Å². The van der Waals surface area contributed by atoms with Crippen molar-refractivity contribution in [1.82, 2.24) is 4.90 Å². The third-order valence-electron chi connectivity index (χ3n) is 4.14. The van der Waals surface area contributed by atoms with Gasteiger partial charge in [0, 0.05) is 13.7 Å². The van der Waals surface area contributed by atoms with Gasteiger partial charge < -0.3 is 15.4 Å². The normalized spacial score (nSPS) is 22.3. The van der Waals surface area contributed by atoms with Gasteiger partial charge in [0.25, 0.3) is 0 Å². The third-order valence-corrected chi connectivity index (χ3v) is 4.14. The smallest absolute Gasteiger partial charge is 0.0634 e. The summed E-state index contributed by atoms with van der Waals surface area (Å²) in [5, 5.41) is 0. The molecule has 1 aliphatic heterocycles. The lowest BCUT2D eigenvalue weighted by molar-refractivity contribution is 0.00248. The third kappa shape index (κ3) is 4.04. The number of ether oxygens (including phenoxy) is 1. The van der Waals surface area contributed by atoms with Crippen LogP contribution >= 0.6 is 0 Å². The van der Waals surface area contributed by atoms with Gasteiger partial charge in [-0.3, -0.25) is 0 Å². The maximum absolute atomic E-state index is 5.81. The van der Waals surface area contributed by atoms with Gasteiger partial charge in [0.2, 0.25) is 0 Å². The average molecular weight is 228 g/mol. The first kappa shape index (κ1) is 13.9. The van der Waals surface area contributed by atoms with E-state index in [1.54, 1.807) is 7.11 Å². The van der Waals surface area contributed by atoms with Gasteiger partial charge in [0.15, 0.2) is 0 Å². The number of likely N-dealkylation sites (tertiary alicyclic amines) is 1. The zero-order valence-electron chi connectivity index (χ0n) is 11.4. The minimum atomic E-state index is 0.00855. The summed E-state index contributed by atoms with van der Waals surface area (Å²) in [6.07, 6.45) is 3.57. The van der Waals surface area contributed by atoms with Crippen molar-refractivity contribution in [3.8, 4) is 0 Å². The minimum Gasteiger partial charge on any atom is -0.379 e. The van der Waals surface area contributed by atoms with Crippen LogP contribution in [0, 0.1) is 5.41 Å². The topological polar surface area (TPSA) is 38.5 Å². The molecule has 0 aliphatic carbocycles. The second kappa shape index (κ2) is 5.48. The number of methoxy groups -OCH3 is 1. The highest BCUT2D eigenvalue weighted by Crippen LogP contribution is 2.29. The van der Waals surface area contributed by atoms with Crippen LogP contribution in [0.1, 0.15) is 40.0 Å². The Bertz CT molecular complexity index is 208. The molecule has 2 N–H and O–H groups in total. The predicted molar refractivity (Wildman–Crippen MR) is 68.5 cm³/mol. The standard InChI is InChI=1S/C13H28N2O/c1-12(2,16-4)5-8-15-9-6-13(3,11-14)7-10-15/h5-11,14H2,1-4H3. The van der Waals surface area contributed by atoms with Gasteiger partial charge >= 0.3 is 0 Å². The molecule has 1 rings (SSSR count). The van der Waals surface area contributed by atoms with E-state index in [1.807, 2.05) is 0 Å². The molecule has 1 saturated heterocycles. The van der Waals surface area contributed by atoms with Crippen LogP contribution in [-0.2, 0) is 4.74 Å². The maximum atomic E-state index is 5.81. The molecule has 0 aromatic heterocycles. The van der Waals surface area contributed by atoms with Crippen LogP contribution < -0.4 is 5.73 Å². The molecular weight excluding hydrogens is 200 g/mol. The Morgan fingerprint density at radius 2 is 1.88 bits per heavy atom. The van der Waals surface area contributed by atoms with E-state index in [1.165, 1.54) is 25.9 Å². The summed E-state index contributed by atoms with van der Waals surface area (Å²) in [6.45, 7) is 11.0.